The first kappa shape index (κ1) is 24.1. The molecule has 0 aliphatic heterocycles. The van der Waals surface area contributed by atoms with Gasteiger partial charge >= 0.3 is 0 Å². The highest BCUT2D eigenvalue weighted by atomic mass is 32.2. The summed E-state index contributed by atoms with van der Waals surface area (Å²) in [7, 11) is 0. The summed E-state index contributed by atoms with van der Waals surface area (Å²) in [5.41, 5.74) is 1.95. The average molecular weight is 448 g/mol. The van der Waals surface area contributed by atoms with Crippen molar-refractivity contribution in [1.29, 1.82) is 0 Å². The summed E-state index contributed by atoms with van der Waals surface area (Å²) < 4.78 is 0. The average Bonchev–Trinajstić information content (AvgIpc) is 2.84. The van der Waals surface area contributed by atoms with E-state index in [1.54, 1.807) is 0 Å². The van der Waals surface area contributed by atoms with E-state index in [0.717, 1.165) is 37.7 Å². The molecule has 32 heavy (non-hydrogen) atoms. The molecule has 3 rings (SSSR count). The summed E-state index contributed by atoms with van der Waals surface area (Å²) in [5.74, 6) is 0.368. The predicted octanol–water partition coefficient (Wildman–Crippen LogP) is 8.43. The van der Waals surface area contributed by atoms with E-state index in [9.17, 15) is 4.79 Å². The second kappa shape index (κ2) is 13.1. The molecule has 3 nitrogen and oxygen atoms in total. The summed E-state index contributed by atoms with van der Waals surface area (Å²) in [6.45, 7) is 6.13. The molecule has 0 bridgehead atoms. The molecule has 0 radical (unpaired) electrons. The number of hydrogen-bond acceptors (Lipinski definition) is 4. The number of Topliss-reactive ketones (excluding diaryl/α,β-unsaturated/α-hetero) is 1. The first-order chi connectivity index (χ1) is 15.7. The van der Waals surface area contributed by atoms with E-state index in [2.05, 4.69) is 24.7 Å². The van der Waals surface area contributed by atoms with Gasteiger partial charge in [0.05, 0.1) is 0 Å². The van der Waals surface area contributed by atoms with Crippen molar-refractivity contribution in [2.24, 2.45) is 5.16 Å². The van der Waals surface area contributed by atoms with Gasteiger partial charge in [-0.15, -0.1) is 0 Å². The first-order valence-electron chi connectivity index (χ1n) is 11.7. The molecule has 168 valence electrons. The number of rotatable bonds is 12. The molecule has 2 aromatic rings. The molecule has 0 amide bonds. The minimum Gasteiger partial charge on any atom is -0.357 e. The Bertz CT molecular complexity index is 945. The standard InChI is InChI=1S/C28H33NO2S/c1-3-4-5-12-17-27(29-31-22(2)23-13-8-6-9-14-23)28(30)24-18-20-26(21-19-24)32-25-15-10-7-11-16-25/h6,8-9,13-15,18-21H,2-5,7,10-12,16-17H2,1H3/b29-27-. The number of allylic oxidation sites excluding steroid dienone is 2. The van der Waals surface area contributed by atoms with Crippen molar-refractivity contribution in [3.63, 3.8) is 0 Å². The van der Waals surface area contributed by atoms with Gasteiger partial charge in [0.1, 0.15) is 5.71 Å². The summed E-state index contributed by atoms with van der Waals surface area (Å²) in [6.07, 6.45) is 12.1. The van der Waals surface area contributed by atoms with E-state index >= 15 is 0 Å². The van der Waals surface area contributed by atoms with Crippen LogP contribution in [0.4, 0.5) is 0 Å². The van der Waals surface area contributed by atoms with Gasteiger partial charge in [0.25, 0.3) is 0 Å². The van der Waals surface area contributed by atoms with Gasteiger partial charge in [0, 0.05) is 16.0 Å². The van der Waals surface area contributed by atoms with Gasteiger partial charge in [0.2, 0.25) is 5.78 Å². The molecular formula is C28H33NO2S. The number of benzene rings is 2. The van der Waals surface area contributed by atoms with Gasteiger partial charge in [-0.05, 0) is 67.7 Å². The van der Waals surface area contributed by atoms with E-state index in [1.165, 1.54) is 29.1 Å². The zero-order valence-electron chi connectivity index (χ0n) is 19.0. The van der Waals surface area contributed by atoms with Crippen LogP contribution in [0.2, 0.25) is 0 Å². The fourth-order valence-corrected chi connectivity index (χ4v) is 4.62. The molecule has 0 unspecified atom stereocenters. The number of nitrogens with zero attached hydrogens (tertiary/aromatic N) is 1. The van der Waals surface area contributed by atoms with Crippen LogP contribution in [-0.2, 0) is 4.84 Å². The molecule has 1 aliphatic carbocycles. The van der Waals surface area contributed by atoms with Gasteiger partial charge in [-0.1, -0.05) is 86.1 Å². The lowest BCUT2D eigenvalue weighted by Gasteiger charge is -2.12. The molecule has 0 atom stereocenters. The second-order valence-electron chi connectivity index (χ2n) is 8.10. The normalized spacial score (nSPS) is 14.0. The zero-order chi connectivity index (χ0) is 22.6. The number of unbranched alkanes of at least 4 members (excludes halogenated alkanes) is 3. The third-order valence-corrected chi connectivity index (χ3v) is 6.65. The van der Waals surface area contributed by atoms with Crippen LogP contribution in [0.1, 0.15) is 80.6 Å². The SMILES string of the molecule is C=C(O/N=C(/CCCCCC)C(=O)c1ccc(SC2=CCCCC2)cc1)c1ccccc1. The highest BCUT2D eigenvalue weighted by Crippen LogP contribution is 2.33. The highest BCUT2D eigenvalue weighted by Gasteiger charge is 2.16. The second-order valence-corrected chi connectivity index (χ2v) is 9.30. The van der Waals surface area contributed by atoms with Crippen LogP contribution in [0, 0.1) is 0 Å². The van der Waals surface area contributed by atoms with Crippen molar-refractivity contribution in [3.8, 4) is 0 Å². The Kier molecular flexibility index (Phi) is 9.83. The predicted molar refractivity (Wildman–Crippen MR) is 136 cm³/mol. The maximum atomic E-state index is 13.2. The Labute approximate surface area is 196 Å². The summed E-state index contributed by atoms with van der Waals surface area (Å²) in [6, 6.07) is 17.5. The van der Waals surface area contributed by atoms with Crippen molar-refractivity contribution in [2.75, 3.05) is 0 Å². The summed E-state index contributed by atoms with van der Waals surface area (Å²) in [4.78, 5) is 21.4. The third-order valence-electron chi connectivity index (χ3n) is 5.51. The molecular weight excluding hydrogens is 414 g/mol. The van der Waals surface area contributed by atoms with Crippen molar-refractivity contribution >= 4 is 29.0 Å². The Morgan fingerprint density at radius 2 is 1.78 bits per heavy atom. The van der Waals surface area contributed by atoms with Gasteiger partial charge < -0.3 is 4.84 Å². The number of carbonyl (C=O) groups excluding carboxylic acids is 1. The van der Waals surface area contributed by atoms with Crippen LogP contribution in [0.15, 0.2) is 82.2 Å². The van der Waals surface area contributed by atoms with Crippen molar-refractivity contribution in [3.05, 3.63) is 83.3 Å². The summed E-state index contributed by atoms with van der Waals surface area (Å²) in [5, 5.41) is 4.24. The van der Waals surface area contributed by atoms with Gasteiger partial charge in [-0.2, -0.15) is 0 Å². The van der Waals surface area contributed by atoms with Crippen LogP contribution in [0.5, 0.6) is 0 Å². The first-order valence-corrected chi connectivity index (χ1v) is 12.5. The van der Waals surface area contributed by atoms with E-state index in [4.69, 9.17) is 4.84 Å². The van der Waals surface area contributed by atoms with Crippen molar-refractivity contribution in [2.45, 2.75) is 69.6 Å². The van der Waals surface area contributed by atoms with E-state index in [0.29, 0.717) is 23.5 Å². The molecule has 0 saturated carbocycles. The van der Waals surface area contributed by atoms with Crippen LogP contribution in [-0.4, -0.2) is 11.5 Å². The van der Waals surface area contributed by atoms with Gasteiger partial charge in [-0.3, -0.25) is 4.79 Å². The monoisotopic (exact) mass is 447 g/mol. The maximum absolute atomic E-state index is 13.2. The van der Waals surface area contributed by atoms with Crippen molar-refractivity contribution in [1.82, 2.24) is 0 Å². The number of carbonyl (C=O) groups is 1. The molecule has 0 spiro atoms. The van der Waals surface area contributed by atoms with Crippen LogP contribution in [0.3, 0.4) is 0 Å². The largest absolute Gasteiger partial charge is 0.357 e. The molecule has 0 N–H and O–H groups in total. The smallest absolute Gasteiger partial charge is 0.210 e. The number of hydrogen-bond donors (Lipinski definition) is 0. The maximum Gasteiger partial charge on any atom is 0.210 e. The molecule has 4 heteroatoms. The third kappa shape index (κ3) is 7.52. The van der Waals surface area contributed by atoms with E-state index in [1.807, 2.05) is 66.4 Å². The lowest BCUT2D eigenvalue weighted by Crippen LogP contribution is -2.15. The zero-order valence-corrected chi connectivity index (χ0v) is 19.8. The van der Waals surface area contributed by atoms with Crippen LogP contribution < -0.4 is 0 Å². The topological polar surface area (TPSA) is 38.7 Å². The number of thioether (sulfide) groups is 1. The minimum absolute atomic E-state index is 0.0733. The summed E-state index contributed by atoms with van der Waals surface area (Å²) >= 11 is 1.81. The van der Waals surface area contributed by atoms with E-state index in [-0.39, 0.29) is 5.78 Å². The molecule has 0 aromatic heterocycles. The molecule has 0 heterocycles. The van der Waals surface area contributed by atoms with Gasteiger partial charge in [-0.25, -0.2) is 0 Å². The molecule has 0 saturated heterocycles. The Balaban J connectivity index is 1.69. The Morgan fingerprint density at radius 3 is 2.47 bits per heavy atom. The lowest BCUT2D eigenvalue weighted by atomic mass is 10.0. The number of ketones is 1. The fourth-order valence-electron chi connectivity index (χ4n) is 3.60. The highest BCUT2D eigenvalue weighted by molar-refractivity contribution is 8.03. The Morgan fingerprint density at radius 1 is 1.00 bits per heavy atom. The lowest BCUT2D eigenvalue weighted by molar-refractivity contribution is 0.105. The Hall–Kier alpha value is -2.59. The quantitative estimate of drug-likeness (QED) is 0.108. The molecule has 1 aliphatic rings. The van der Waals surface area contributed by atoms with E-state index < -0.39 is 0 Å². The minimum atomic E-state index is -0.0733. The molecule has 0 fully saturated rings. The van der Waals surface area contributed by atoms with Crippen molar-refractivity contribution < 1.29 is 9.63 Å². The van der Waals surface area contributed by atoms with Crippen LogP contribution in [0.25, 0.3) is 5.76 Å². The fraction of sp³-hybridized carbons (Fsp3) is 0.357. The van der Waals surface area contributed by atoms with Gasteiger partial charge in [0.15, 0.2) is 5.76 Å². The van der Waals surface area contributed by atoms with Crippen LogP contribution >= 0.6 is 11.8 Å². The molecule has 2 aromatic carbocycles. The number of oxime groups is 1.